The number of aliphatic carboxylic acids is 1. The average Bonchev–Trinajstić information content (AvgIpc) is 2.28. The van der Waals surface area contributed by atoms with Crippen molar-refractivity contribution < 1.29 is 24.3 Å². The highest BCUT2D eigenvalue weighted by Crippen LogP contribution is 2.22. The molecule has 3 N–H and O–H groups in total. The number of carboxylic acid groups (broad SMARTS) is 1. The van der Waals surface area contributed by atoms with Gasteiger partial charge in [0.15, 0.2) is 0 Å². The molecule has 0 aliphatic heterocycles. The lowest BCUT2D eigenvalue weighted by atomic mass is 10.1. The monoisotopic (exact) mass is 258 g/mol. The lowest BCUT2D eigenvalue weighted by Crippen LogP contribution is -2.27. The molecule has 0 saturated heterocycles. The lowest BCUT2D eigenvalue weighted by Gasteiger charge is -2.11. The van der Waals surface area contributed by atoms with Gasteiger partial charge in [0.1, 0.15) is 0 Å². The third kappa shape index (κ3) is 3.75. The molecule has 1 atom stereocenters. The summed E-state index contributed by atoms with van der Waals surface area (Å²) in [7, 11) is 0. The van der Waals surface area contributed by atoms with E-state index >= 15 is 0 Å². The van der Waals surface area contributed by atoms with Crippen LogP contribution in [0.4, 0.5) is 10.1 Å². The predicted molar refractivity (Wildman–Crippen MR) is 58.5 cm³/mol. The minimum Gasteiger partial charge on any atom is -0.480 e. The van der Waals surface area contributed by atoms with Gasteiger partial charge in [-0.05, 0) is 11.6 Å². The number of nitro benzene ring substituents is 1. The Bertz CT molecular complexity index is 466. The first kappa shape index (κ1) is 14.0. The number of benzene rings is 1. The van der Waals surface area contributed by atoms with Gasteiger partial charge >= 0.3 is 11.7 Å². The van der Waals surface area contributed by atoms with Gasteiger partial charge in [-0.25, -0.2) is 0 Å². The van der Waals surface area contributed by atoms with Crippen LogP contribution in [0.1, 0.15) is 11.7 Å². The van der Waals surface area contributed by atoms with E-state index in [9.17, 15) is 24.4 Å². The third-order valence-electron chi connectivity index (χ3n) is 2.17. The Morgan fingerprint density at radius 2 is 2.22 bits per heavy atom. The van der Waals surface area contributed by atoms with Crippen molar-refractivity contribution in [2.75, 3.05) is 13.1 Å². The van der Waals surface area contributed by atoms with E-state index in [1.54, 1.807) is 0 Å². The third-order valence-corrected chi connectivity index (χ3v) is 2.17. The molecule has 1 unspecified atom stereocenters. The molecule has 18 heavy (non-hydrogen) atoms. The van der Waals surface area contributed by atoms with Crippen LogP contribution in [0.25, 0.3) is 0 Å². The van der Waals surface area contributed by atoms with Gasteiger partial charge in [0.05, 0.1) is 17.6 Å². The fraction of sp³-hybridized carbons (Fsp3) is 0.300. The summed E-state index contributed by atoms with van der Waals surface area (Å²) >= 11 is 0. The van der Waals surface area contributed by atoms with Crippen LogP contribution in [-0.2, 0) is 4.79 Å². The summed E-state index contributed by atoms with van der Waals surface area (Å²) in [4.78, 5) is 19.8. The largest absolute Gasteiger partial charge is 0.480 e. The number of hydrogen-bond acceptors (Lipinski definition) is 5. The Morgan fingerprint density at radius 1 is 1.56 bits per heavy atom. The molecule has 0 amide bonds. The molecule has 1 aromatic rings. The van der Waals surface area contributed by atoms with E-state index in [0.29, 0.717) is 0 Å². The average molecular weight is 258 g/mol. The highest BCUT2D eigenvalue weighted by atomic mass is 19.1. The number of aliphatic hydroxyl groups excluding tert-OH is 1. The van der Waals surface area contributed by atoms with E-state index in [2.05, 4.69) is 5.32 Å². The molecule has 0 aliphatic carbocycles. The quantitative estimate of drug-likeness (QED) is 0.504. The van der Waals surface area contributed by atoms with Crippen molar-refractivity contribution in [3.05, 3.63) is 39.7 Å². The molecule has 0 aromatic heterocycles. The number of aliphatic hydroxyl groups is 1. The van der Waals surface area contributed by atoms with Crippen LogP contribution in [0, 0.1) is 15.9 Å². The molecule has 98 valence electrons. The second-order valence-electron chi connectivity index (χ2n) is 3.51. The van der Waals surface area contributed by atoms with E-state index in [1.807, 2.05) is 0 Å². The van der Waals surface area contributed by atoms with Crippen molar-refractivity contribution in [3.8, 4) is 0 Å². The molecular formula is C10H11FN2O5. The maximum absolute atomic E-state index is 13.0. The molecular weight excluding hydrogens is 247 g/mol. The highest BCUT2D eigenvalue weighted by molar-refractivity contribution is 5.68. The number of nitrogens with zero attached hydrogens (tertiary/aromatic N) is 1. The summed E-state index contributed by atoms with van der Waals surface area (Å²) in [6.45, 7) is -0.449. The van der Waals surface area contributed by atoms with E-state index in [4.69, 9.17) is 5.11 Å². The number of carbonyl (C=O) groups is 1. The first-order chi connectivity index (χ1) is 8.41. The van der Waals surface area contributed by atoms with E-state index in [-0.39, 0.29) is 18.7 Å². The number of nitro groups is 1. The second kappa shape index (κ2) is 6.03. The highest BCUT2D eigenvalue weighted by Gasteiger charge is 2.17. The molecule has 0 bridgehead atoms. The van der Waals surface area contributed by atoms with Crippen molar-refractivity contribution in [2.24, 2.45) is 0 Å². The van der Waals surface area contributed by atoms with Crippen LogP contribution in [0.3, 0.4) is 0 Å². The van der Waals surface area contributed by atoms with Gasteiger partial charge in [0, 0.05) is 12.6 Å². The van der Waals surface area contributed by atoms with Gasteiger partial charge in [-0.1, -0.05) is 6.07 Å². The molecule has 0 radical (unpaired) electrons. The molecule has 8 heteroatoms. The molecule has 0 fully saturated rings. The molecule has 1 aromatic carbocycles. The Balaban J connectivity index is 2.74. The summed E-state index contributed by atoms with van der Waals surface area (Å²) in [5, 5.41) is 30.9. The van der Waals surface area contributed by atoms with Crippen LogP contribution < -0.4 is 5.32 Å². The van der Waals surface area contributed by atoms with E-state index in [0.717, 1.165) is 12.1 Å². The Kier molecular flexibility index (Phi) is 4.69. The van der Waals surface area contributed by atoms with Crippen LogP contribution in [-0.4, -0.2) is 34.2 Å². The Labute approximate surface area is 101 Å². The SMILES string of the molecule is O=C(O)CNCC(O)c1ccc(F)c([N+](=O)[O-])c1. The normalized spacial score (nSPS) is 12.1. The molecule has 0 saturated carbocycles. The van der Waals surface area contributed by atoms with Gasteiger partial charge in [0.2, 0.25) is 5.82 Å². The van der Waals surface area contributed by atoms with Gasteiger partial charge in [0.25, 0.3) is 0 Å². The van der Waals surface area contributed by atoms with E-state index < -0.39 is 28.5 Å². The van der Waals surface area contributed by atoms with Crippen molar-refractivity contribution in [2.45, 2.75) is 6.10 Å². The summed E-state index contributed by atoms with van der Waals surface area (Å²) in [6, 6.07) is 3.01. The summed E-state index contributed by atoms with van der Waals surface area (Å²) in [6.07, 6.45) is -1.15. The number of hydrogen-bond donors (Lipinski definition) is 3. The fourth-order valence-corrected chi connectivity index (χ4v) is 1.31. The second-order valence-corrected chi connectivity index (χ2v) is 3.51. The Hall–Kier alpha value is -2.06. The topological polar surface area (TPSA) is 113 Å². The molecule has 0 spiro atoms. The lowest BCUT2D eigenvalue weighted by molar-refractivity contribution is -0.387. The molecule has 0 aliphatic rings. The maximum atomic E-state index is 13.0. The number of carboxylic acids is 1. The van der Waals surface area contributed by atoms with Gasteiger partial charge in [-0.15, -0.1) is 0 Å². The van der Waals surface area contributed by atoms with Gasteiger partial charge in [-0.3, -0.25) is 14.9 Å². The van der Waals surface area contributed by atoms with Crippen LogP contribution in [0.5, 0.6) is 0 Å². The molecule has 0 heterocycles. The first-order valence-corrected chi connectivity index (χ1v) is 4.96. The van der Waals surface area contributed by atoms with Crippen LogP contribution >= 0.6 is 0 Å². The number of rotatable bonds is 6. The van der Waals surface area contributed by atoms with Crippen molar-refractivity contribution >= 4 is 11.7 Å². The minimum atomic E-state index is -1.15. The number of halogens is 1. The summed E-state index contributed by atoms with van der Waals surface area (Å²) in [5.74, 6) is -2.08. The zero-order valence-corrected chi connectivity index (χ0v) is 9.17. The van der Waals surface area contributed by atoms with Gasteiger partial charge in [-0.2, -0.15) is 4.39 Å². The minimum absolute atomic E-state index is 0.102. The van der Waals surface area contributed by atoms with Crippen LogP contribution in [0.2, 0.25) is 0 Å². The van der Waals surface area contributed by atoms with Crippen LogP contribution in [0.15, 0.2) is 18.2 Å². The molecule has 1 rings (SSSR count). The Morgan fingerprint density at radius 3 is 2.78 bits per heavy atom. The predicted octanol–water partition coefficient (Wildman–Crippen LogP) is 0.441. The summed E-state index contributed by atoms with van der Waals surface area (Å²) < 4.78 is 13.0. The maximum Gasteiger partial charge on any atom is 0.317 e. The molecule has 7 nitrogen and oxygen atoms in total. The van der Waals surface area contributed by atoms with E-state index in [1.165, 1.54) is 6.07 Å². The van der Waals surface area contributed by atoms with Crippen molar-refractivity contribution in [1.82, 2.24) is 5.32 Å². The summed E-state index contributed by atoms with van der Waals surface area (Å²) in [5.41, 5.74) is -0.592. The first-order valence-electron chi connectivity index (χ1n) is 4.96. The zero-order chi connectivity index (χ0) is 13.7. The van der Waals surface area contributed by atoms with Crippen molar-refractivity contribution in [3.63, 3.8) is 0 Å². The fourth-order valence-electron chi connectivity index (χ4n) is 1.31. The standard InChI is InChI=1S/C10H11FN2O5/c11-7-2-1-6(3-8(7)13(17)18)9(14)4-12-5-10(15)16/h1-3,9,12,14H,4-5H2,(H,15,16). The van der Waals surface area contributed by atoms with Gasteiger partial charge < -0.3 is 15.5 Å². The van der Waals surface area contributed by atoms with Crippen molar-refractivity contribution in [1.29, 1.82) is 0 Å². The smallest absolute Gasteiger partial charge is 0.317 e. The zero-order valence-electron chi connectivity index (χ0n) is 9.17. The number of nitrogens with one attached hydrogen (secondary N) is 1.